The van der Waals surface area contributed by atoms with Gasteiger partial charge in [0.05, 0.1) is 29.7 Å². The number of benzene rings is 2. The summed E-state index contributed by atoms with van der Waals surface area (Å²) in [6.45, 7) is 10.6. The predicted octanol–water partition coefficient (Wildman–Crippen LogP) is 5.28. The number of hydrogen-bond acceptors (Lipinski definition) is 5. The van der Waals surface area contributed by atoms with Crippen molar-refractivity contribution >= 4 is 0 Å². The minimum Gasteiger partial charge on any atom is -0.439 e. The van der Waals surface area contributed by atoms with E-state index in [1.165, 1.54) is 0 Å². The highest BCUT2D eigenvalue weighted by Gasteiger charge is 2.32. The molecule has 6 heteroatoms. The Morgan fingerprint density at radius 1 is 1.06 bits per heavy atom. The zero-order valence-electron chi connectivity index (χ0n) is 20.8. The number of aliphatic hydroxyl groups excluding tert-OH is 1. The van der Waals surface area contributed by atoms with Gasteiger partial charge in [0.1, 0.15) is 5.75 Å². The van der Waals surface area contributed by atoms with Gasteiger partial charge in [0.2, 0.25) is 5.88 Å². The van der Waals surface area contributed by atoms with E-state index in [2.05, 4.69) is 31.7 Å². The lowest BCUT2D eigenvalue weighted by Gasteiger charge is -2.25. The third-order valence-corrected chi connectivity index (χ3v) is 5.97. The average Bonchev–Trinajstić information content (AvgIpc) is 3.60. The van der Waals surface area contributed by atoms with Crippen LogP contribution < -0.4 is 4.74 Å². The van der Waals surface area contributed by atoms with Crippen molar-refractivity contribution in [2.45, 2.75) is 59.2 Å². The molecule has 0 bridgehead atoms. The average molecular weight is 464 g/mol. The Hall–Kier alpha value is -2.67. The lowest BCUT2D eigenvalue weighted by atomic mass is 10.2. The van der Waals surface area contributed by atoms with E-state index < -0.39 is 6.10 Å². The molecule has 6 nitrogen and oxygen atoms in total. The first-order valence-electron chi connectivity index (χ1n) is 12.3. The Labute approximate surface area is 203 Å². The van der Waals surface area contributed by atoms with Crippen LogP contribution in [0.1, 0.15) is 43.5 Å². The van der Waals surface area contributed by atoms with Crippen molar-refractivity contribution in [2.75, 3.05) is 19.8 Å². The highest BCUT2D eigenvalue weighted by atomic mass is 16.5. The molecular formula is C28H37N3O3. The molecule has 0 radical (unpaired) electrons. The maximum absolute atomic E-state index is 10.7. The van der Waals surface area contributed by atoms with Crippen molar-refractivity contribution in [3.63, 3.8) is 0 Å². The zero-order valence-corrected chi connectivity index (χ0v) is 20.8. The lowest BCUT2D eigenvalue weighted by Crippen LogP contribution is -2.36. The summed E-state index contributed by atoms with van der Waals surface area (Å²) in [5.41, 5.74) is 4.08. The van der Waals surface area contributed by atoms with E-state index in [0.717, 1.165) is 47.0 Å². The third-order valence-electron chi connectivity index (χ3n) is 5.97. The fourth-order valence-corrected chi connectivity index (χ4v) is 4.11. The van der Waals surface area contributed by atoms with Gasteiger partial charge >= 0.3 is 0 Å². The van der Waals surface area contributed by atoms with Gasteiger partial charge in [-0.1, -0.05) is 44.2 Å². The van der Waals surface area contributed by atoms with Crippen molar-refractivity contribution in [1.29, 1.82) is 0 Å². The SMILES string of the molecule is Cc1cccc(Oc2c(CN(C[C@H](O)COCC(C)C)C3CC3)c(C)nn2-c2ccccc2)c1. The number of aromatic nitrogens is 2. The number of rotatable bonds is 12. The summed E-state index contributed by atoms with van der Waals surface area (Å²) in [7, 11) is 0. The van der Waals surface area contributed by atoms with Crippen LogP contribution in [0.3, 0.4) is 0 Å². The van der Waals surface area contributed by atoms with Crippen LogP contribution in [-0.2, 0) is 11.3 Å². The van der Waals surface area contributed by atoms with Crippen molar-refractivity contribution < 1.29 is 14.6 Å². The second-order valence-corrected chi connectivity index (χ2v) is 9.78. The number of ether oxygens (including phenoxy) is 2. The van der Waals surface area contributed by atoms with Crippen LogP contribution in [0.5, 0.6) is 11.6 Å². The molecule has 1 aliphatic carbocycles. The van der Waals surface area contributed by atoms with E-state index in [0.29, 0.717) is 38.3 Å². The smallest absolute Gasteiger partial charge is 0.227 e. The molecule has 34 heavy (non-hydrogen) atoms. The van der Waals surface area contributed by atoms with Crippen LogP contribution in [-0.4, -0.2) is 51.7 Å². The van der Waals surface area contributed by atoms with Crippen LogP contribution in [0.15, 0.2) is 54.6 Å². The Morgan fingerprint density at radius 2 is 1.82 bits per heavy atom. The zero-order chi connectivity index (χ0) is 24.1. The van der Waals surface area contributed by atoms with Crippen molar-refractivity contribution in [3.8, 4) is 17.3 Å². The van der Waals surface area contributed by atoms with Crippen molar-refractivity contribution in [1.82, 2.24) is 14.7 Å². The van der Waals surface area contributed by atoms with E-state index in [4.69, 9.17) is 14.6 Å². The number of aryl methyl sites for hydroxylation is 2. The topological polar surface area (TPSA) is 59.8 Å². The maximum atomic E-state index is 10.7. The Morgan fingerprint density at radius 3 is 2.50 bits per heavy atom. The molecule has 3 aromatic rings. The lowest BCUT2D eigenvalue weighted by molar-refractivity contribution is 0.00536. The molecule has 1 saturated carbocycles. The van der Waals surface area contributed by atoms with E-state index >= 15 is 0 Å². The van der Waals surface area contributed by atoms with Crippen LogP contribution in [0.4, 0.5) is 0 Å². The van der Waals surface area contributed by atoms with E-state index in [9.17, 15) is 5.11 Å². The molecule has 1 heterocycles. The number of para-hydroxylation sites is 1. The van der Waals surface area contributed by atoms with Crippen LogP contribution in [0, 0.1) is 19.8 Å². The molecule has 1 N–H and O–H groups in total. The van der Waals surface area contributed by atoms with Gasteiger partial charge in [0.15, 0.2) is 0 Å². The van der Waals surface area contributed by atoms with Crippen LogP contribution in [0.2, 0.25) is 0 Å². The van der Waals surface area contributed by atoms with Gasteiger partial charge < -0.3 is 14.6 Å². The molecule has 1 atom stereocenters. The molecule has 0 saturated heterocycles. The largest absolute Gasteiger partial charge is 0.439 e. The highest BCUT2D eigenvalue weighted by molar-refractivity contribution is 5.43. The molecule has 2 aromatic carbocycles. The fourth-order valence-electron chi connectivity index (χ4n) is 4.11. The quantitative estimate of drug-likeness (QED) is 0.396. The standard InChI is InChI=1S/C28H37N3O3/c1-20(2)18-33-19-25(32)16-30(23-13-14-23)17-27-22(4)29-31(24-10-6-5-7-11-24)28(27)34-26-12-8-9-21(3)15-26/h5-12,15,20,23,25,32H,13-14,16-19H2,1-4H3/t25-/m0/s1. The predicted molar refractivity (Wildman–Crippen MR) is 135 cm³/mol. The Kier molecular flexibility index (Phi) is 8.03. The summed E-state index contributed by atoms with van der Waals surface area (Å²) in [5.74, 6) is 1.98. The molecule has 1 fully saturated rings. The van der Waals surface area contributed by atoms with Gasteiger partial charge in [-0.15, -0.1) is 0 Å². The molecule has 0 aliphatic heterocycles. The number of aliphatic hydroxyl groups is 1. The Balaban J connectivity index is 1.60. The number of nitrogens with zero attached hydrogens (tertiary/aromatic N) is 3. The second kappa shape index (κ2) is 11.2. The normalized spacial score (nSPS) is 14.7. The van der Waals surface area contributed by atoms with Gasteiger partial charge in [0, 0.05) is 25.7 Å². The molecule has 4 rings (SSSR count). The van der Waals surface area contributed by atoms with Gasteiger partial charge in [0.25, 0.3) is 0 Å². The Bertz CT molecular complexity index is 1060. The van der Waals surface area contributed by atoms with E-state index in [1.807, 2.05) is 60.1 Å². The fraction of sp³-hybridized carbons (Fsp3) is 0.464. The van der Waals surface area contributed by atoms with Crippen LogP contribution >= 0.6 is 0 Å². The highest BCUT2D eigenvalue weighted by Crippen LogP contribution is 2.35. The van der Waals surface area contributed by atoms with Gasteiger partial charge in [-0.05, 0) is 62.4 Å². The van der Waals surface area contributed by atoms with Crippen LogP contribution in [0.25, 0.3) is 5.69 Å². The maximum Gasteiger partial charge on any atom is 0.227 e. The van der Waals surface area contributed by atoms with Gasteiger partial charge in [-0.2, -0.15) is 5.10 Å². The molecule has 1 aromatic heterocycles. The third kappa shape index (κ3) is 6.47. The first kappa shape index (κ1) is 24.5. The van der Waals surface area contributed by atoms with Gasteiger partial charge in [-0.25, -0.2) is 4.68 Å². The molecule has 182 valence electrons. The van der Waals surface area contributed by atoms with E-state index in [-0.39, 0.29) is 0 Å². The second-order valence-electron chi connectivity index (χ2n) is 9.78. The summed E-state index contributed by atoms with van der Waals surface area (Å²) in [6.07, 6.45) is 1.78. The summed E-state index contributed by atoms with van der Waals surface area (Å²) in [6, 6.07) is 18.6. The molecule has 1 aliphatic rings. The molecule has 0 spiro atoms. The molecule has 0 amide bonds. The first-order chi connectivity index (χ1) is 16.4. The van der Waals surface area contributed by atoms with E-state index in [1.54, 1.807) is 0 Å². The summed E-state index contributed by atoms with van der Waals surface area (Å²) in [5, 5.41) is 15.5. The monoisotopic (exact) mass is 463 g/mol. The number of hydrogen-bond donors (Lipinski definition) is 1. The van der Waals surface area contributed by atoms with Gasteiger partial charge in [-0.3, -0.25) is 4.90 Å². The van der Waals surface area contributed by atoms with Crippen molar-refractivity contribution in [3.05, 3.63) is 71.4 Å². The first-order valence-corrected chi connectivity index (χ1v) is 12.3. The molecular weight excluding hydrogens is 426 g/mol. The summed E-state index contributed by atoms with van der Waals surface area (Å²) >= 11 is 0. The van der Waals surface area contributed by atoms with Crippen molar-refractivity contribution in [2.24, 2.45) is 5.92 Å². The summed E-state index contributed by atoms with van der Waals surface area (Å²) in [4.78, 5) is 2.35. The summed E-state index contributed by atoms with van der Waals surface area (Å²) < 4.78 is 14.1. The minimum absolute atomic E-state index is 0.357. The molecule has 0 unspecified atom stereocenters. The minimum atomic E-state index is -0.523.